The van der Waals surface area contributed by atoms with E-state index in [0.29, 0.717) is 27.3 Å². The molecular weight excluding hydrogens is 400 g/mol. The van der Waals surface area contributed by atoms with E-state index >= 15 is 0 Å². The number of thiazole rings is 1. The van der Waals surface area contributed by atoms with Gasteiger partial charge in [0.25, 0.3) is 10.0 Å². The number of nitrogens with one attached hydrogen (secondary N) is 3. The van der Waals surface area contributed by atoms with Crippen molar-refractivity contribution in [1.82, 2.24) is 19.8 Å². The lowest BCUT2D eigenvalue weighted by Crippen LogP contribution is -2.27. The van der Waals surface area contributed by atoms with Gasteiger partial charge in [-0.1, -0.05) is 11.0 Å². The van der Waals surface area contributed by atoms with Crippen LogP contribution >= 0.6 is 11.3 Å². The number of hydrogen-bond acceptors (Lipinski definition) is 8. The first-order chi connectivity index (χ1) is 13.6. The minimum atomic E-state index is -3.99. The Kier molecular flexibility index (Phi) is 4.76. The molecule has 3 N–H and O–H groups in total. The molecule has 0 atom stereocenters. The zero-order valence-corrected chi connectivity index (χ0v) is 15.7. The summed E-state index contributed by atoms with van der Waals surface area (Å²) in [6.45, 7) is 0. The Balaban J connectivity index is 1.60. The first kappa shape index (κ1) is 18.1. The fourth-order valence-electron chi connectivity index (χ4n) is 2.54. The summed E-state index contributed by atoms with van der Waals surface area (Å²) in [4.78, 5) is 18.6. The quantitative estimate of drug-likeness (QED) is 0.415. The maximum Gasteiger partial charge on any atom is 0.264 e. The van der Waals surface area contributed by atoms with Gasteiger partial charge in [-0.3, -0.25) is 0 Å². The third-order valence-electron chi connectivity index (χ3n) is 3.83. The van der Waals surface area contributed by atoms with Crippen molar-refractivity contribution < 1.29 is 13.4 Å². The third kappa shape index (κ3) is 3.45. The molecule has 1 aromatic carbocycles. The van der Waals surface area contributed by atoms with Crippen molar-refractivity contribution in [2.24, 2.45) is 0 Å². The van der Waals surface area contributed by atoms with Crippen LogP contribution in [0.5, 0.6) is 0 Å². The Morgan fingerprint density at radius 1 is 1.25 bits per heavy atom. The smallest absolute Gasteiger partial charge is 0.264 e. The molecule has 0 radical (unpaired) electrons. The molecule has 0 amide bonds. The highest BCUT2D eigenvalue weighted by atomic mass is 32.2. The number of sulfonamides is 1. The average molecular weight is 412 g/mol. The Hall–Kier alpha value is -3.30. The fourth-order valence-corrected chi connectivity index (χ4v) is 3.99. The van der Waals surface area contributed by atoms with E-state index in [-0.39, 0.29) is 10.5 Å². The fraction of sp³-hybridized carbons (Fsp3) is 0. The number of anilines is 1. The second-order valence-corrected chi connectivity index (χ2v) is 8.09. The predicted molar refractivity (Wildman–Crippen MR) is 103 cm³/mol. The van der Waals surface area contributed by atoms with Crippen LogP contribution in [0.3, 0.4) is 0 Å². The van der Waals surface area contributed by atoms with Crippen LogP contribution < -0.4 is 10.4 Å². The van der Waals surface area contributed by atoms with Crippen LogP contribution in [-0.2, 0) is 15.0 Å². The highest BCUT2D eigenvalue weighted by Gasteiger charge is 2.17. The minimum absolute atomic E-state index is 0.0879. The number of H-pyrrole nitrogens is 1. The monoisotopic (exact) mass is 412 g/mol. The average Bonchev–Trinajstić information content (AvgIpc) is 3.40. The lowest BCUT2D eigenvalue weighted by molar-refractivity contribution is 0.149. The van der Waals surface area contributed by atoms with Gasteiger partial charge < -0.3 is 4.98 Å². The maximum absolute atomic E-state index is 12.4. The van der Waals surface area contributed by atoms with Crippen LogP contribution in [0, 0.1) is 11.3 Å². The third-order valence-corrected chi connectivity index (χ3v) is 5.81. The van der Waals surface area contributed by atoms with Gasteiger partial charge in [-0.05, 0) is 24.3 Å². The van der Waals surface area contributed by atoms with E-state index in [2.05, 4.69) is 20.4 Å². The highest BCUT2D eigenvalue weighted by molar-refractivity contribution is 7.89. The summed E-state index contributed by atoms with van der Waals surface area (Å²) in [6.07, 6.45) is 5.00. The number of nitrogens with zero attached hydrogens (tertiary/aromatic N) is 3. The number of benzene rings is 1. The number of nitriles is 1. The molecule has 3 heterocycles. The molecule has 4 rings (SSSR count). The molecule has 0 saturated carbocycles. The summed E-state index contributed by atoms with van der Waals surface area (Å²) < 4.78 is 24.8. The largest absolute Gasteiger partial charge is 0.346 e. The molecular formula is C17H12N6O3S2. The first-order valence-corrected chi connectivity index (χ1v) is 10.2. The Morgan fingerprint density at radius 2 is 2.14 bits per heavy atom. The van der Waals surface area contributed by atoms with Crippen molar-refractivity contribution in [3.63, 3.8) is 0 Å². The van der Waals surface area contributed by atoms with Gasteiger partial charge in [0.1, 0.15) is 10.7 Å². The van der Waals surface area contributed by atoms with E-state index in [1.807, 2.05) is 16.3 Å². The van der Waals surface area contributed by atoms with Gasteiger partial charge in [0, 0.05) is 29.4 Å². The van der Waals surface area contributed by atoms with Crippen molar-refractivity contribution in [2.75, 3.05) is 5.48 Å². The molecule has 140 valence electrons. The van der Waals surface area contributed by atoms with Gasteiger partial charge in [-0.25, -0.2) is 23.9 Å². The summed E-state index contributed by atoms with van der Waals surface area (Å²) in [7, 11) is -3.99. The van der Waals surface area contributed by atoms with E-state index < -0.39 is 10.0 Å². The molecule has 11 heteroatoms. The van der Waals surface area contributed by atoms with Crippen LogP contribution in [0.1, 0.15) is 5.56 Å². The second-order valence-electron chi connectivity index (χ2n) is 5.55. The lowest BCUT2D eigenvalue weighted by atomic mass is 10.2. The van der Waals surface area contributed by atoms with Crippen molar-refractivity contribution in [2.45, 2.75) is 4.90 Å². The van der Waals surface area contributed by atoms with Gasteiger partial charge >= 0.3 is 0 Å². The van der Waals surface area contributed by atoms with Gasteiger partial charge in [-0.2, -0.15) is 10.2 Å². The molecule has 28 heavy (non-hydrogen) atoms. The number of rotatable bonds is 6. The van der Waals surface area contributed by atoms with E-state index in [0.717, 1.165) is 0 Å². The van der Waals surface area contributed by atoms with Crippen LogP contribution in [0.25, 0.3) is 21.6 Å². The van der Waals surface area contributed by atoms with Crippen molar-refractivity contribution in [1.29, 1.82) is 5.26 Å². The van der Waals surface area contributed by atoms with Crippen molar-refractivity contribution in [3.8, 4) is 16.6 Å². The molecule has 0 aliphatic rings. The predicted octanol–water partition coefficient (Wildman–Crippen LogP) is 2.80. The van der Waals surface area contributed by atoms with Gasteiger partial charge in [0.15, 0.2) is 0 Å². The van der Waals surface area contributed by atoms with Crippen LogP contribution in [0.15, 0.2) is 59.2 Å². The molecule has 0 bridgehead atoms. The van der Waals surface area contributed by atoms with Crippen molar-refractivity contribution in [3.05, 3.63) is 59.9 Å². The van der Waals surface area contributed by atoms with Gasteiger partial charge in [0.05, 0.1) is 27.8 Å². The van der Waals surface area contributed by atoms with Crippen LogP contribution in [0.4, 0.5) is 5.69 Å². The maximum atomic E-state index is 12.4. The van der Waals surface area contributed by atoms with E-state index in [1.54, 1.807) is 24.7 Å². The SMILES string of the molecule is N#Cc1cccc(S(=O)(=O)NONc2c(-c3nccs3)cnc3[nH]ccc23)c1. The summed E-state index contributed by atoms with van der Waals surface area (Å²) in [5.74, 6) is 0. The first-order valence-electron chi connectivity index (χ1n) is 7.88. The summed E-state index contributed by atoms with van der Waals surface area (Å²) in [5.41, 5.74) is 4.64. The molecule has 0 aliphatic carbocycles. The molecule has 0 saturated heterocycles. The molecule has 0 unspecified atom stereocenters. The standard InChI is InChI=1S/C17H12N6O3S2/c18-9-11-2-1-3-12(8-11)28(24,25)23-26-22-15-13-4-5-19-16(13)21-10-14(15)17-20-6-7-27-17/h1-8,10,23H,(H2,19,21,22). The molecule has 4 aromatic rings. The molecule has 0 spiro atoms. The van der Waals surface area contributed by atoms with Crippen LogP contribution in [-0.4, -0.2) is 23.4 Å². The topological polar surface area (TPSA) is 133 Å². The van der Waals surface area contributed by atoms with Crippen molar-refractivity contribution >= 4 is 38.1 Å². The Labute approximate surface area is 163 Å². The number of aromatic amines is 1. The second kappa shape index (κ2) is 7.37. The molecule has 0 aliphatic heterocycles. The van der Waals surface area contributed by atoms with Crippen LogP contribution in [0.2, 0.25) is 0 Å². The van der Waals surface area contributed by atoms with E-state index in [1.165, 1.54) is 35.6 Å². The van der Waals surface area contributed by atoms with E-state index in [4.69, 9.17) is 10.2 Å². The number of hydrogen-bond donors (Lipinski definition) is 3. The number of aromatic nitrogens is 3. The van der Waals surface area contributed by atoms with Gasteiger partial charge in [0.2, 0.25) is 0 Å². The highest BCUT2D eigenvalue weighted by Crippen LogP contribution is 2.34. The Morgan fingerprint density at radius 3 is 2.93 bits per heavy atom. The number of pyridine rings is 1. The molecule has 3 aromatic heterocycles. The normalized spacial score (nSPS) is 11.4. The Bertz CT molecular complexity index is 1280. The summed E-state index contributed by atoms with van der Waals surface area (Å²) >= 11 is 1.42. The summed E-state index contributed by atoms with van der Waals surface area (Å²) in [6, 6.07) is 9.29. The van der Waals surface area contributed by atoms with Gasteiger partial charge in [-0.15, -0.1) is 11.3 Å². The number of fused-ring (bicyclic) bond motifs is 1. The minimum Gasteiger partial charge on any atom is -0.346 e. The zero-order chi connectivity index (χ0) is 19.6. The molecule has 9 nitrogen and oxygen atoms in total. The molecule has 0 fully saturated rings. The summed E-state index contributed by atoms with van der Waals surface area (Å²) in [5, 5.41) is 12.2. The zero-order valence-electron chi connectivity index (χ0n) is 14.1. The van der Waals surface area contributed by atoms with E-state index in [9.17, 15) is 8.42 Å². The lowest BCUT2D eigenvalue weighted by Gasteiger charge is -2.12.